The summed E-state index contributed by atoms with van der Waals surface area (Å²) in [5.74, 6) is -8.90. The van der Waals surface area contributed by atoms with Crippen LogP contribution in [0, 0.1) is 0 Å². The zero-order valence-corrected chi connectivity index (χ0v) is 67.7. The van der Waals surface area contributed by atoms with Gasteiger partial charge in [-0.15, -0.1) is 0 Å². The number of carboxylic acid groups (broad SMARTS) is 7. The fourth-order valence-corrected chi connectivity index (χ4v) is 7.80. The number of amides is 5. The van der Waals surface area contributed by atoms with Gasteiger partial charge in [-0.05, 0) is 223 Å². The Labute approximate surface area is 639 Å². The highest BCUT2D eigenvalue weighted by molar-refractivity contribution is 5.83. The van der Waals surface area contributed by atoms with E-state index in [-0.39, 0.29) is 75.4 Å². The second-order valence-electron chi connectivity index (χ2n) is 31.5. The molecule has 5 amide bonds. The molecule has 0 spiro atoms. The van der Waals surface area contributed by atoms with E-state index in [9.17, 15) is 71.9 Å². The zero-order valence-electron chi connectivity index (χ0n) is 67.7. The molecule has 109 heavy (non-hydrogen) atoms. The molecular weight excluding hydrogens is 1440 g/mol. The number of carboxylic acids is 7. The van der Waals surface area contributed by atoms with E-state index in [4.69, 9.17) is 85.1 Å². The maximum absolute atomic E-state index is 11.8. The predicted molar refractivity (Wildman–Crippen MR) is 395 cm³/mol. The lowest BCUT2D eigenvalue weighted by molar-refractivity contribution is -0.156. The van der Waals surface area contributed by atoms with E-state index in [2.05, 4.69) is 31.6 Å². The Kier molecular flexibility index (Phi) is 52.7. The molecule has 0 unspecified atom stereocenters. The molecule has 38 heteroatoms. The molecule has 38 nitrogen and oxygen atoms in total. The Morgan fingerprint density at radius 3 is 0.927 bits per heavy atom. The number of ether oxygens (including phenoxy) is 8. The number of rotatable bonds is 31. The number of hydrogen-bond acceptors (Lipinski definition) is 24. The van der Waals surface area contributed by atoms with Crippen LogP contribution in [-0.4, -0.2) is 214 Å². The predicted octanol–water partition coefficient (Wildman–Crippen LogP) is 9.29. The van der Waals surface area contributed by atoms with Crippen LogP contribution in [0.4, 0.5) is 24.0 Å². The fourth-order valence-electron chi connectivity index (χ4n) is 7.80. The topological polar surface area (TPSA) is 596 Å². The second-order valence-corrected chi connectivity index (χ2v) is 31.5. The molecule has 0 aliphatic heterocycles. The number of unbranched alkanes of at least 4 members (excludes halogenated alkanes) is 2. The molecule has 0 radical (unpaired) electrons. The van der Waals surface area contributed by atoms with Crippen LogP contribution < -0.4 is 38.1 Å². The molecule has 632 valence electrons. The average Bonchev–Trinajstić information content (AvgIpc) is 0.906. The Morgan fingerprint density at radius 2 is 0.633 bits per heavy atom. The van der Waals surface area contributed by atoms with E-state index in [1.165, 1.54) is 6.92 Å². The Morgan fingerprint density at radius 1 is 0.339 bits per heavy atom. The van der Waals surface area contributed by atoms with Crippen molar-refractivity contribution in [1.29, 1.82) is 0 Å². The van der Waals surface area contributed by atoms with Crippen molar-refractivity contribution in [2.24, 2.45) is 16.5 Å². The second kappa shape index (κ2) is 53.2. The molecule has 0 aromatic carbocycles. The van der Waals surface area contributed by atoms with Crippen molar-refractivity contribution < 1.29 is 146 Å². The minimum atomic E-state index is -1.29. The van der Waals surface area contributed by atoms with Gasteiger partial charge in [-0.3, -0.25) is 33.8 Å². The maximum atomic E-state index is 11.8. The van der Waals surface area contributed by atoms with E-state index in [0.717, 1.165) is 32.1 Å². The molecule has 5 atom stereocenters. The SMILES string of the molecule is CC(C)(C)OC(=O)CCCC(=O)O.CC(C)(C)OC(=O)CCCCC[C@H](NC(=O)OC(C)(C)C)C(=O)O.CC(C)(C)OC(=O)N[C@@H](CCC(=O)O)C(=O)O.CC(C)(C)OC(=O)N[C@@H](CCC(=O)OC1CCCCC1)C(=O)O.CC(C)(C)OC(=O)N[C@H](CCCN=C(N)N)C(=O)O.C[C@@H](NC(=O)OC(C)(C)C)C(=O)O. The van der Waals surface area contributed by atoms with Gasteiger partial charge in [0.25, 0.3) is 0 Å². The summed E-state index contributed by atoms with van der Waals surface area (Å²) >= 11 is 0. The fraction of sp³-hybridized carbons (Fsp3) is 0.775. The minimum Gasteiger partial charge on any atom is -0.481 e. The first kappa shape index (κ1) is 108. The number of aliphatic imine (C=N–C) groups is 1. The van der Waals surface area contributed by atoms with Crippen LogP contribution in [0.3, 0.4) is 0 Å². The van der Waals surface area contributed by atoms with Gasteiger partial charge < -0.3 is 112 Å². The molecule has 1 aliphatic rings. The summed E-state index contributed by atoms with van der Waals surface area (Å²) < 4.78 is 40.3. The number of guanidine groups is 1. The standard InChI is InChI=1S/C17H31NO6.C16H27NO6.C11H22N4O4.C10H17NO6.C9H16O4.C8H15NO4/c1-16(2,3)23-13(19)11-9-7-8-10-12(14(20)21)18-15(22)24-17(4,5)6;1-16(2,3)23-15(21)17-12(14(19)20)9-10-13(18)22-11-7-5-4-6-8-11;1-11(2,3)19-10(18)15-7(8(16)17)5-4-6-14-9(12)13;1-10(2,3)17-9(16)11-6(8(14)15)4-5-7(12)13;1-9(2,3)13-8(12)6-4-5-7(10)11;1-5(6(10)11)9-7(12)13-8(2,3)4/h12H,7-11H2,1-6H3,(H,18,22)(H,20,21);11-12H,4-10H2,1-3H3,(H,17,21)(H,19,20);7H,4-6H2,1-3H3,(H,15,18)(H,16,17)(H4,12,13,14);6H,4-5H2,1-3H3,(H,11,16)(H,12,13)(H,14,15);4-6H2,1-3H3,(H,10,11);5H,1-4H3,(H,9,12)(H,10,11)/t2*12-;7-;6-;;5-/m0010.1/s1. The van der Waals surface area contributed by atoms with Gasteiger partial charge in [0, 0.05) is 38.6 Å². The number of carbonyl (C=O) groups excluding carboxylic acids is 8. The van der Waals surface area contributed by atoms with Crippen LogP contribution in [-0.2, 0) is 85.8 Å². The van der Waals surface area contributed by atoms with Crippen molar-refractivity contribution in [2.45, 2.75) is 350 Å². The summed E-state index contributed by atoms with van der Waals surface area (Å²) in [6.45, 7) is 37.7. The Balaban J connectivity index is -0.000000403. The number of esters is 3. The largest absolute Gasteiger partial charge is 0.481 e. The maximum Gasteiger partial charge on any atom is 0.408 e. The number of hydrogen-bond donors (Lipinski definition) is 14. The lowest BCUT2D eigenvalue weighted by Crippen LogP contribution is -2.43. The quantitative estimate of drug-likeness (QED) is 0.0101. The molecule has 0 aromatic rings. The number of nitrogens with one attached hydrogen (secondary N) is 5. The lowest BCUT2D eigenvalue weighted by atomic mass is 9.98. The van der Waals surface area contributed by atoms with Gasteiger partial charge in [0.05, 0.1) is 0 Å². The molecule has 0 aromatic heterocycles. The van der Waals surface area contributed by atoms with Crippen molar-refractivity contribution in [1.82, 2.24) is 26.6 Å². The summed E-state index contributed by atoms with van der Waals surface area (Å²) in [6, 6.07) is -5.40. The van der Waals surface area contributed by atoms with Crippen molar-refractivity contribution in [3.63, 3.8) is 0 Å². The molecule has 0 heterocycles. The lowest BCUT2D eigenvalue weighted by Gasteiger charge is -2.23. The summed E-state index contributed by atoms with van der Waals surface area (Å²) in [7, 11) is 0. The van der Waals surface area contributed by atoms with Gasteiger partial charge in [-0.25, -0.2) is 43.2 Å². The summed E-state index contributed by atoms with van der Waals surface area (Å²) in [5.41, 5.74) is 5.88. The van der Waals surface area contributed by atoms with Crippen LogP contribution in [0.15, 0.2) is 4.99 Å². The van der Waals surface area contributed by atoms with Crippen LogP contribution >= 0.6 is 0 Å². The monoisotopic (exact) mass is 1570 g/mol. The normalized spacial score (nSPS) is 13.5. The van der Waals surface area contributed by atoms with Crippen LogP contribution in [0.2, 0.25) is 0 Å². The molecule has 1 saturated carbocycles. The van der Waals surface area contributed by atoms with Gasteiger partial charge in [0.15, 0.2) is 5.96 Å². The molecular formula is C71H128N8O30. The van der Waals surface area contributed by atoms with Crippen LogP contribution in [0.25, 0.3) is 0 Å². The van der Waals surface area contributed by atoms with Crippen molar-refractivity contribution in [3.05, 3.63) is 0 Å². The number of carbonyl (C=O) groups is 15. The van der Waals surface area contributed by atoms with Gasteiger partial charge in [0.1, 0.15) is 75.5 Å². The van der Waals surface area contributed by atoms with E-state index < -0.39 is 148 Å². The third-order valence-electron chi connectivity index (χ3n) is 12.1. The first-order valence-corrected chi connectivity index (χ1v) is 35.5. The summed E-state index contributed by atoms with van der Waals surface area (Å²) in [5, 5.41) is 72.4. The van der Waals surface area contributed by atoms with Crippen LogP contribution in [0.1, 0.15) is 274 Å². The number of nitrogens with two attached hydrogens (primary N) is 2. The van der Waals surface area contributed by atoms with Gasteiger partial charge in [-0.1, -0.05) is 19.3 Å². The van der Waals surface area contributed by atoms with E-state index in [1.807, 2.05) is 20.8 Å². The highest BCUT2D eigenvalue weighted by Gasteiger charge is 2.30. The molecule has 1 aliphatic carbocycles. The van der Waals surface area contributed by atoms with Crippen LogP contribution in [0.5, 0.6) is 0 Å². The molecule has 16 N–H and O–H groups in total. The third kappa shape index (κ3) is 77.7. The number of nitrogens with zero attached hydrogens (tertiary/aromatic N) is 1. The minimum absolute atomic E-state index is 0.0131. The zero-order chi connectivity index (χ0) is 86.2. The Bertz CT molecular complexity index is 2880. The number of alkyl carbamates (subject to hydrolysis) is 5. The van der Waals surface area contributed by atoms with Gasteiger partial charge in [-0.2, -0.15) is 0 Å². The first-order valence-electron chi connectivity index (χ1n) is 35.5. The first-order chi connectivity index (χ1) is 49.2. The Hall–Kier alpha value is -9.68. The van der Waals surface area contributed by atoms with Crippen molar-refractivity contribution in [3.8, 4) is 0 Å². The summed E-state index contributed by atoms with van der Waals surface area (Å²) in [4.78, 5) is 170. The van der Waals surface area contributed by atoms with Gasteiger partial charge in [0.2, 0.25) is 0 Å². The molecule has 0 saturated heterocycles. The molecule has 1 rings (SSSR count). The smallest absolute Gasteiger partial charge is 0.408 e. The highest BCUT2D eigenvalue weighted by Crippen LogP contribution is 2.22. The average molecular weight is 1570 g/mol. The van der Waals surface area contributed by atoms with E-state index >= 15 is 0 Å². The van der Waals surface area contributed by atoms with E-state index in [1.54, 1.807) is 125 Å². The highest BCUT2D eigenvalue weighted by atomic mass is 16.6. The number of aliphatic carboxylic acids is 7. The molecule has 0 bridgehead atoms. The van der Waals surface area contributed by atoms with E-state index in [0.29, 0.717) is 45.1 Å². The third-order valence-corrected chi connectivity index (χ3v) is 12.1. The van der Waals surface area contributed by atoms with Crippen molar-refractivity contribution in [2.75, 3.05) is 6.54 Å². The molecule has 1 fully saturated rings. The van der Waals surface area contributed by atoms with Gasteiger partial charge >= 0.3 is 90.2 Å². The summed E-state index contributed by atoms with van der Waals surface area (Å²) in [6.07, 6.45) is 4.03. The van der Waals surface area contributed by atoms with Crippen molar-refractivity contribution >= 4 is 96.1 Å².